The molecule has 1 aromatic carbocycles. The quantitative estimate of drug-likeness (QED) is 0.807. The van der Waals surface area contributed by atoms with Gasteiger partial charge in [-0.3, -0.25) is 0 Å². The van der Waals surface area contributed by atoms with E-state index in [0.29, 0.717) is 11.1 Å². The third-order valence-corrected chi connectivity index (χ3v) is 2.34. The molecule has 3 nitrogen and oxygen atoms in total. The van der Waals surface area contributed by atoms with Gasteiger partial charge in [-0.1, -0.05) is 24.3 Å². The summed E-state index contributed by atoms with van der Waals surface area (Å²) in [6, 6.07) is 9.08. The third-order valence-electron chi connectivity index (χ3n) is 2.34. The number of hydrogen-bond acceptors (Lipinski definition) is 3. The van der Waals surface area contributed by atoms with E-state index >= 15 is 0 Å². The van der Waals surface area contributed by atoms with Crippen LogP contribution in [0.3, 0.4) is 0 Å². The lowest BCUT2D eigenvalue weighted by molar-refractivity contribution is 0.134. The molecule has 0 radical (unpaired) electrons. The van der Waals surface area contributed by atoms with Crippen molar-refractivity contribution in [2.75, 3.05) is 0 Å². The van der Waals surface area contributed by atoms with Crippen LogP contribution in [0, 0.1) is 0 Å². The maximum Gasteiger partial charge on any atom is 0.343 e. The number of aliphatic hydroxyl groups is 1. The summed E-state index contributed by atoms with van der Waals surface area (Å²) in [5.41, 5.74) is -0.342. The molecule has 17 heavy (non-hydrogen) atoms. The van der Waals surface area contributed by atoms with E-state index in [2.05, 4.69) is 0 Å². The van der Waals surface area contributed by atoms with Crippen LogP contribution in [0.15, 0.2) is 45.6 Å². The van der Waals surface area contributed by atoms with Crippen molar-refractivity contribution < 1.29 is 9.52 Å². The van der Waals surface area contributed by atoms with Crippen LogP contribution in [0.1, 0.15) is 19.4 Å². The predicted molar refractivity (Wildman–Crippen MR) is 67.8 cm³/mol. The van der Waals surface area contributed by atoms with Crippen molar-refractivity contribution in [1.29, 1.82) is 0 Å². The van der Waals surface area contributed by atoms with Crippen molar-refractivity contribution in [2.24, 2.45) is 0 Å². The predicted octanol–water partition coefficient (Wildman–Crippen LogP) is 2.58. The van der Waals surface area contributed by atoms with Crippen LogP contribution in [-0.4, -0.2) is 10.7 Å². The van der Waals surface area contributed by atoms with Crippen LogP contribution >= 0.6 is 0 Å². The van der Waals surface area contributed by atoms with Crippen LogP contribution in [0.4, 0.5) is 0 Å². The summed E-state index contributed by atoms with van der Waals surface area (Å²) in [6.45, 7) is 3.29. The second-order valence-corrected chi connectivity index (χ2v) is 4.51. The Bertz CT molecular complexity index is 615. The Morgan fingerprint density at radius 1 is 1.29 bits per heavy atom. The second-order valence-electron chi connectivity index (χ2n) is 4.51. The summed E-state index contributed by atoms with van der Waals surface area (Å²) in [6.07, 6.45) is 3.15. The van der Waals surface area contributed by atoms with Gasteiger partial charge in [0.2, 0.25) is 0 Å². The largest absolute Gasteiger partial charge is 0.422 e. The monoisotopic (exact) mass is 230 g/mol. The second kappa shape index (κ2) is 4.18. The smallest absolute Gasteiger partial charge is 0.343 e. The number of benzene rings is 1. The molecule has 0 atom stereocenters. The van der Waals surface area contributed by atoms with Crippen molar-refractivity contribution in [3.05, 3.63) is 52.4 Å². The van der Waals surface area contributed by atoms with Gasteiger partial charge in [-0.05, 0) is 32.1 Å². The van der Waals surface area contributed by atoms with Gasteiger partial charge in [0, 0.05) is 5.39 Å². The van der Waals surface area contributed by atoms with E-state index in [1.807, 2.05) is 18.2 Å². The molecule has 3 heteroatoms. The molecule has 1 N–H and O–H groups in total. The van der Waals surface area contributed by atoms with Gasteiger partial charge in [0.25, 0.3) is 0 Å². The zero-order valence-electron chi connectivity index (χ0n) is 9.81. The van der Waals surface area contributed by atoms with E-state index in [9.17, 15) is 9.90 Å². The van der Waals surface area contributed by atoms with Crippen molar-refractivity contribution in [1.82, 2.24) is 0 Å². The van der Waals surface area contributed by atoms with E-state index in [1.165, 1.54) is 0 Å². The highest BCUT2D eigenvalue weighted by Gasteiger charge is 2.07. The third kappa shape index (κ3) is 2.82. The normalized spacial score (nSPS) is 12.4. The first-order chi connectivity index (χ1) is 7.96. The Kier molecular flexibility index (Phi) is 2.86. The summed E-state index contributed by atoms with van der Waals surface area (Å²) >= 11 is 0. The maximum absolute atomic E-state index is 11.7. The molecule has 0 saturated heterocycles. The minimum absolute atomic E-state index is 0.399. The van der Waals surface area contributed by atoms with Crippen LogP contribution in [0.5, 0.6) is 0 Å². The molecule has 0 spiro atoms. The highest BCUT2D eigenvalue weighted by atomic mass is 16.4. The van der Waals surface area contributed by atoms with Crippen LogP contribution < -0.4 is 5.63 Å². The fourth-order valence-corrected chi connectivity index (χ4v) is 1.49. The summed E-state index contributed by atoms with van der Waals surface area (Å²) in [5.74, 6) is 0. The van der Waals surface area contributed by atoms with Crippen molar-refractivity contribution >= 4 is 17.0 Å². The lowest BCUT2D eigenvalue weighted by Gasteiger charge is -2.09. The Morgan fingerprint density at radius 2 is 2.00 bits per heavy atom. The standard InChI is InChI=1S/C14H14O3/c1-14(2,16)8-7-11-9-10-5-3-4-6-12(10)17-13(11)15/h3-9,16H,1-2H3/b8-7+. The molecule has 1 heterocycles. The number of hydrogen-bond donors (Lipinski definition) is 1. The first-order valence-electron chi connectivity index (χ1n) is 5.40. The molecule has 0 amide bonds. The molecule has 0 aliphatic rings. The summed E-state index contributed by atoms with van der Waals surface area (Å²) < 4.78 is 5.17. The fraction of sp³-hybridized carbons (Fsp3) is 0.214. The highest BCUT2D eigenvalue weighted by Crippen LogP contribution is 2.14. The summed E-state index contributed by atoms with van der Waals surface area (Å²) in [5, 5.41) is 10.4. The van der Waals surface area contributed by atoms with E-state index in [1.54, 1.807) is 38.1 Å². The molecule has 88 valence electrons. The van der Waals surface area contributed by atoms with Gasteiger partial charge in [0.05, 0.1) is 11.2 Å². The minimum atomic E-state index is -0.946. The average molecular weight is 230 g/mol. The topological polar surface area (TPSA) is 50.4 Å². The highest BCUT2D eigenvalue weighted by molar-refractivity contribution is 5.78. The molecule has 2 rings (SSSR count). The molecule has 0 aliphatic carbocycles. The Hall–Kier alpha value is -1.87. The lowest BCUT2D eigenvalue weighted by atomic mass is 10.1. The van der Waals surface area contributed by atoms with Gasteiger partial charge in [0.15, 0.2) is 0 Å². The van der Waals surface area contributed by atoms with Gasteiger partial charge in [-0.2, -0.15) is 0 Å². The number of fused-ring (bicyclic) bond motifs is 1. The number of rotatable bonds is 2. The molecule has 0 unspecified atom stereocenters. The SMILES string of the molecule is CC(C)(O)/C=C/c1cc2ccccc2oc1=O. The maximum atomic E-state index is 11.7. The van der Waals surface area contributed by atoms with Crippen LogP contribution in [0.2, 0.25) is 0 Å². The number of para-hydroxylation sites is 1. The summed E-state index contributed by atoms with van der Waals surface area (Å²) in [7, 11) is 0. The van der Waals surface area contributed by atoms with Gasteiger partial charge in [0.1, 0.15) is 5.58 Å². The molecular formula is C14H14O3. The zero-order chi connectivity index (χ0) is 12.5. The first-order valence-corrected chi connectivity index (χ1v) is 5.40. The Morgan fingerprint density at radius 3 is 2.71 bits per heavy atom. The van der Waals surface area contributed by atoms with Crippen molar-refractivity contribution in [3.8, 4) is 0 Å². The first kappa shape index (κ1) is 11.6. The molecule has 0 aliphatic heterocycles. The van der Waals surface area contributed by atoms with Crippen molar-refractivity contribution in [3.63, 3.8) is 0 Å². The molecule has 2 aromatic rings. The van der Waals surface area contributed by atoms with Gasteiger partial charge < -0.3 is 9.52 Å². The van der Waals surface area contributed by atoms with Crippen LogP contribution in [-0.2, 0) is 0 Å². The van der Waals surface area contributed by atoms with Gasteiger partial charge in [-0.25, -0.2) is 4.79 Å². The van der Waals surface area contributed by atoms with Crippen LogP contribution in [0.25, 0.3) is 17.0 Å². The van der Waals surface area contributed by atoms with Gasteiger partial charge >= 0.3 is 5.63 Å². The Labute approximate surface area is 99.0 Å². The molecule has 0 saturated carbocycles. The average Bonchev–Trinajstić information content (AvgIpc) is 2.25. The summed E-state index contributed by atoms with van der Waals surface area (Å²) in [4.78, 5) is 11.7. The molecule has 0 fully saturated rings. The fourth-order valence-electron chi connectivity index (χ4n) is 1.49. The Balaban J connectivity index is 2.52. The van der Waals surface area contributed by atoms with E-state index in [0.717, 1.165) is 5.39 Å². The molecular weight excluding hydrogens is 216 g/mol. The lowest BCUT2D eigenvalue weighted by Crippen LogP contribution is -2.14. The molecule has 1 aromatic heterocycles. The van der Waals surface area contributed by atoms with Gasteiger partial charge in [-0.15, -0.1) is 0 Å². The molecule has 0 bridgehead atoms. The van der Waals surface area contributed by atoms with Crippen molar-refractivity contribution in [2.45, 2.75) is 19.4 Å². The minimum Gasteiger partial charge on any atom is -0.422 e. The zero-order valence-corrected chi connectivity index (χ0v) is 9.81. The van der Waals surface area contributed by atoms with E-state index < -0.39 is 11.2 Å². The van der Waals surface area contributed by atoms with E-state index in [-0.39, 0.29) is 0 Å². The van der Waals surface area contributed by atoms with E-state index in [4.69, 9.17) is 4.42 Å².